The van der Waals surface area contributed by atoms with Crippen LogP contribution in [0.4, 0.5) is 5.69 Å². The minimum absolute atomic E-state index is 0.295. The Morgan fingerprint density at radius 1 is 1.38 bits per heavy atom. The van der Waals surface area contributed by atoms with Gasteiger partial charge in [0, 0.05) is 12.1 Å². The van der Waals surface area contributed by atoms with E-state index in [1.54, 1.807) is 7.11 Å². The first-order chi connectivity index (χ1) is 7.79. The number of hydrogen-bond donors (Lipinski definition) is 2. The Balaban J connectivity index is 2.15. The fourth-order valence-electron chi connectivity index (χ4n) is 2.47. The fraction of sp³-hybridized carbons (Fsp3) is 0.385. The average Bonchev–Trinajstić information content (AvgIpc) is 2.75. The van der Waals surface area contributed by atoms with Crippen LogP contribution in [0.2, 0.25) is 0 Å². The number of ether oxygens (including phenoxy) is 1. The largest absolute Gasteiger partial charge is 0.495 e. The van der Waals surface area contributed by atoms with Gasteiger partial charge in [-0.1, -0.05) is 6.07 Å². The molecular weight excluding hydrogens is 200 g/mol. The molecule has 2 aliphatic heterocycles. The summed E-state index contributed by atoms with van der Waals surface area (Å²) >= 11 is 0. The minimum Gasteiger partial charge on any atom is -0.495 e. The van der Waals surface area contributed by atoms with Gasteiger partial charge in [-0.3, -0.25) is 5.32 Å². The van der Waals surface area contributed by atoms with E-state index in [1.807, 2.05) is 6.07 Å². The fourth-order valence-corrected chi connectivity index (χ4v) is 2.47. The Kier molecular flexibility index (Phi) is 2.14. The summed E-state index contributed by atoms with van der Waals surface area (Å²) in [5.41, 5.74) is 5.13. The number of rotatable bonds is 1. The van der Waals surface area contributed by atoms with Crippen LogP contribution < -0.4 is 15.4 Å². The molecule has 3 rings (SSSR count). The van der Waals surface area contributed by atoms with Crippen molar-refractivity contribution in [3.05, 3.63) is 28.8 Å². The summed E-state index contributed by atoms with van der Waals surface area (Å²) < 4.78 is 5.40. The van der Waals surface area contributed by atoms with Gasteiger partial charge in [0.1, 0.15) is 5.75 Å². The van der Waals surface area contributed by atoms with Crippen LogP contribution >= 0.6 is 0 Å². The molecule has 2 heterocycles. The van der Waals surface area contributed by atoms with Gasteiger partial charge in [-0.15, -0.1) is 0 Å². The Morgan fingerprint density at radius 3 is 3.06 bits per heavy atom. The smallest absolute Gasteiger partial charge is 0.142 e. The van der Waals surface area contributed by atoms with E-state index < -0.39 is 0 Å². The summed E-state index contributed by atoms with van der Waals surface area (Å²) in [4.78, 5) is 0. The molecule has 2 N–H and O–H groups in total. The summed E-state index contributed by atoms with van der Waals surface area (Å²) in [5.74, 6) is 0.921. The molecule has 0 spiro atoms. The third-order valence-electron chi connectivity index (χ3n) is 3.40. The van der Waals surface area contributed by atoms with Crippen LogP contribution in [-0.2, 0) is 0 Å². The van der Waals surface area contributed by atoms with Crippen LogP contribution in [0.5, 0.6) is 5.75 Å². The first-order valence-corrected chi connectivity index (χ1v) is 5.67. The van der Waals surface area contributed by atoms with Gasteiger partial charge in [0.25, 0.3) is 0 Å². The molecule has 3 heteroatoms. The molecule has 0 aromatic heterocycles. The lowest BCUT2D eigenvalue weighted by atomic mass is 9.97. The Bertz CT molecular complexity index is 465. The van der Waals surface area contributed by atoms with Crippen molar-refractivity contribution >= 4 is 11.8 Å². The molecule has 0 amide bonds. The number of hydrogen-bond acceptors (Lipinski definition) is 3. The zero-order valence-electron chi connectivity index (χ0n) is 9.63. The van der Waals surface area contributed by atoms with Crippen molar-refractivity contribution in [2.75, 3.05) is 19.0 Å². The average molecular weight is 216 g/mol. The normalized spacial score (nSPS) is 21.9. The second-order valence-electron chi connectivity index (χ2n) is 4.37. The van der Waals surface area contributed by atoms with Crippen molar-refractivity contribution in [1.29, 1.82) is 0 Å². The molecule has 3 nitrogen and oxygen atoms in total. The van der Waals surface area contributed by atoms with Gasteiger partial charge in [0.15, 0.2) is 0 Å². The summed E-state index contributed by atoms with van der Waals surface area (Å²) in [6.45, 7) is 3.19. The van der Waals surface area contributed by atoms with Crippen molar-refractivity contribution < 1.29 is 4.74 Å². The molecule has 1 aromatic carbocycles. The predicted molar refractivity (Wildman–Crippen MR) is 65.7 cm³/mol. The predicted octanol–water partition coefficient (Wildman–Crippen LogP) is 2.13. The maximum absolute atomic E-state index is 5.40. The van der Waals surface area contributed by atoms with Gasteiger partial charge in [-0.25, -0.2) is 0 Å². The Hall–Kier alpha value is -1.48. The maximum Gasteiger partial charge on any atom is 0.142 e. The van der Waals surface area contributed by atoms with Crippen LogP contribution in [-0.4, -0.2) is 19.8 Å². The SMILES string of the molecule is COc1ccc(C)c2c1N[C@@H]1NCCC1=C2. The lowest BCUT2D eigenvalue weighted by Gasteiger charge is -2.26. The van der Waals surface area contributed by atoms with Crippen LogP contribution in [0.15, 0.2) is 17.7 Å². The van der Waals surface area contributed by atoms with E-state index in [1.165, 1.54) is 16.7 Å². The van der Waals surface area contributed by atoms with Crippen LogP contribution in [0.1, 0.15) is 17.5 Å². The highest BCUT2D eigenvalue weighted by Crippen LogP contribution is 2.38. The molecule has 0 unspecified atom stereocenters. The Morgan fingerprint density at radius 2 is 2.25 bits per heavy atom. The van der Waals surface area contributed by atoms with Gasteiger partial charge in [0.2, 0.25) is 0 Å². The maximum atomic E-state index is 5.40. The van der Waals surface area contributed by atoms with Crippen LogP contribution in [0, 0.1) is 6.92 Å². The van der Waals surface area contributed by atoms with E-state index in [2.05, 4.69) is 29.7 Å². The van der Waals surface area contributed by atoms with Crippen molar-refractivity contribution in [3.63, 3.8) is 0 Å². The van der Waals surface area contributed by atoms with Crippen molar-refractivity contribution in [2.24, 2.45) is 0 Å². The van der Waals surface area contributed by atoms with E-state index in [9.17, 15) is 0 Å². The molecule has 2 aliphatic rings. The summed E-state index contributed by atoms with van der Waals surface area (Å²) in [6, 6.07) is 4.13. The van der Waals surface area contributed by atoms with Gasteiger partial charge >= 0.3 is 0 Å². The van der Waals surface area contributed by atoms with Gasteiger partial charge < -0.3 is 10.1 Å². The Labute approximate surface area is 95.5 Å². The number of benzene rings is 1. The molecule has 0 saturated carbocycles. The van der Waals surface area contributed by atoms with E-state index >= 15 is 0 Å². The molecule has 1 atom stereocenters. The number of methoxy groups -OCH3 is 1. The first-order valence-electron chi connectivity index (χ1n) is 5.67. The molecule has 1 aromatic rings. The zero-order valence-corrected chi connectivity index (χ0v) is 9.63. The van der Waals surface area contributed by atoms with Crippen molar-refractivity contribution in [2.45, 2.75) is 19.5 Å². The van der Waals surface area contributed by atoms with Gasteiger partial charge in [-0.2, -0.15) is 0 Å². The van der Waals surface area contributed by atoms with Crippen LogP contribution in [0.3, 0.4) is 0 Å². The summed E-state index contributed by atoms with van der Waals surface area (Å²) in [6.07, 6.45) is 3.73. The van der Waals surface area contributed by atoms with Gasteiger partial charge in [0.05, 0.1) is 19.0 Å². The highest BCUT2D eigenvalue weighted by molar-refractivity contribution is 5.80. The second-order valence-corrected chi connectivity index (χ2v) is 4.37. The molecule has 1 fully saturated rings. The summed E-state index contributed by atoms with van der Waals surface area (Å²) in [5, 5.41) is 6.95. The quantitative estimate of drug-likeness (QED) is 0.754. The van der Waals surface area contributed by atoms with E-state index in [0.717, 1.165) is 24.4 Å². The van der Waals surface area contributed by atoms with Gasteiger partial charge in [-0.05, 0) is 36.6 Å². The highest BCUT2D eigenvalue weighted by Gasteiger charge is 2.26. The molecule has 84 valence electrons. The lowest BCUT2D eigenvalue weighted by Crippen LogP contribution is -2.33. The third kappa shape index (κ3) is 1.32. The van der Waals surface area contributed by atoms with E-state index in [-0.39, 0.29) is 0 Å². The highest BCUT2D eigenvalue weighted by atomic mass is 16.5. The third-order valence-corrected chi connectivity index (χ3v) is 3.40. The van der Waals surface area contributed by atoms with E-state index in [0.29, 0.717) is 6.17 Å². The zero-order chi connectivity index (χ0) is 11.1. The molecule has 0 aliphatic carbocycles. The molecule has 16 heavy (non-hydrogen) atoms. The molecular formula is C13H16N2O. The molecule has 1 saturated heterocycles. The standard InChI is InChI=1S/C13H16N2O/c1-8-3-4-11(16-2)12-10(8)7-9-5-6-14-13(9)15-12/h3-4,7,13-15H,5-6H2,1-2H3/t13-/m0/s1. The number of aryl methyl sites for hydroxylation is 1. The van der Waals surface area contributed by atoms with Crippen molar-refractivity contribution in [1.82, 2.24) is 5.32 Å². The number of fused-ring (bicyclic) bond motifs is 2. The molecule has 0 bridgehead atoms. The monoisotopic (exact) mass is 216 g/mol. The lowest BCUT2D eigenvalue weighted by molar-refractivity contribution is 0.415. The molecule has 0 radical (unpaired) electrons. The number of anilines is 1. The minimum atomic E-state index is 0.295. The first kappa shape index (κ1) is 9.73. The second kappa shape index (κ2) is 3.52. The van der Waals surface area contributed by atoms with E-state index in [4.69, 9.17) is 4.74 Å². The summed E-state index contributed by atoms with van der Waals surface area (Å²) in [7, 11) is 1.72. The number of nitrogens with one attached hydrogen (secondary N) is 2. The topological polar surface area (TPSA) is 33.3 Å². The van der Waals surface area contributed by atoms with Crippen LogP contribution in [0.25, 0.3) is 6.08 Å². The van der Waals surface area contributed by atoms with Crippen molar-refractivity contribution in [3.8, 4) is 5.75 Å².